The first-order chi connectivity index (χ1) is 34.2. The fraction of sp³-hybridized carbons (Fsp3) is 0. The molecule has 0 fully saturated rings. The standard InChI is InChI=1S/C66H44N2S/c1-5-16-45(17-6-1)47-28-35-54(36-29-47)67(55-37-30-48(31-38-55)46-18-7-2-8-19-46)56-39-32-50(33-40-56)61-42-52(43-62-60-26-15-25-57(65(60)69-66(61)62)49-20-9-3-10-21-49)51-34-41-59-58-24-13-14-27-63(58)68(64(59)44-51)53-22-11-4-12-23-53/h1-44H. The van der Waals surface area contributed by atoms with Crippen LogP contribution in [0.25, 0.3) is 103 Å². The number of anilines is 3. The van der Waals surface area contributed by atoms with Crippen molar-refractivity contribution in [1.82, 2.24) is 4.57 Å². The molecule has 0 radical (unpaired) electrons. The van der Waals surface area contributed by atoms with Gasteiger partial charge < -0.3 is 9.47 Å². The maximum Gasteiger partial charge on any atom is 0.0547 e. The van der Waals surface area contributed by atoms with E-state index in [1.807, 2.05) is 11.3 Å². The Hall–Kier alpha value is -8.76. The summed E-state index contributed by atoms with van der Waals surface area (Å²) in [5, 5.41) is 5.05. The summed E-state index contributed by atoms with van der Waals surface area (Å²) in [6.45, 7) is 0. The molecule has 69 heavy (non-hydrogen) atoms. The number of fused-ring (bicyclic) bond motifs is 6. The van der Waals surface area contributed by atoms with Gasteiger partial charge in [0.2, 0.25) is 0 Å². The monoisotopic (exact) mass is 896 g/mol. The third kappa shape index (κ3) is 7.28. The summed E-state index contributed by atoms with van der Waals surface area (Å²) in [5.41, 5.74) is 18.9. The van der Waals surface area contributed by atoms with Crippen LogP contribution in [0.4, 0.5) is 17.1 Å². The van der Waals surface area contributed by atoms with Crippen LogP contribution in [0.5, 0.6) is 0 Å². The van der Waals surface area contributed by atoms with Gasteiger partial charge in [-0.2, -0.15) is 0 Å². The van der Waals surface area contributed by atoms with Crippen LogP contribution in [0.15, 0.2) is 267 Å². The Balaban J connectivity index is 0.974. The Morgan fingerprint density at radius 3 is 1.32 bits per heavy atom. The van der Waals surface area contributed by atoms with Crippen molar-refractivity contribution in [2.75, 3.05) is 4.90 Å². The quantitative estimate of drug-likeness (QED) is 0.140. The lowest BCUT2D eigenvalue weighted by Gasteiger charge is -2.26. The molecule has 0 bridgehead atoms. The maximum absolute atomic E-state index is 2.43. The molecule has 3 heteroatoms. The Morgan fingerprint density at radius 1 is 0.261 bits per heavy atom. The van der Waals surface area contributed by atoms with Crippen LogP contribution in [0.2, 0.25) is 0 Å². The molecule has 0 aliphatic carbocycles. The second-order valence-corrected chi connectivity index (χ2v) is 18.7. The summed E-state index contributed by atoms with van der Waals surface area (Å²) >= 11 is 1.90. The highest BCUT2D eigenvalue weighted by atomic mass is 32.1. The van der Waals surface area contributed by atoms with E-state index >= 15 is 0 Å². The first kappa shape index (κ1) is 40.5. The van der Waals surface area contributed by atoms with Crippen LogP contribution in [0, 0.1) is 0 Å². The predicted molar refractivity (Wildman–Crippen MR) is 296 cm³/mol. The van der Waals surface area contributed by atoms with Crippen molar-refractivity contribution in [2.24, 2.45) is 0 Å². The van der Waals surface area contributed by atoms with E-state index in [0.29, 0.717) is 0 Å². The van der Waals surface area contributed by atoms with Gasteiger partial charge in [-0.1, -0.05) is 194 Å². The molecule has 0 spiro atoms. The first-order valence-electron chi connectivity index (χ1n) is 23.6. The molecule has 11 aromatic carbocycles. The minimum Gasteiger partial charge on any atom is -0.311 e. The smallest absolute Gasteiger partial charge is 0.0547 e. The predicted octanol–water partition coefficient (Wildman–Crippen LogP) is 19.0. The fourth-order valence-corrected chi connectivity index (χ4v) is 11.6. The minimum absolute atomic E-state index is 1.09. The molecule has 0 amide bonds. The van der Waals surface area contributed by atoms with Crippen molar-refractivity contribution in [1.29, 1.82) is 0 Å². The van der Waals surface area contributed by atoms with Crippen molar-refractivity contribution in [3.8, 4) is 61.3 Å². The number of thiophene rings is 1. The Kier molecular flexibility index (Phi) is 10.1. The number of para-hydroxylation sites is 2. The molecule has 0 aliphatic heterocycles. The molecule has 13 aromatic rings. The zero-order chi connectivity index (χ0) is 45.7. The van der Waals surface area contributed by atoms with Gasteiger partial charge in [0.1, 0.15) is 0 Å². The van der Waals surface area contributed by atoms with E-state index in [4.69, 9.17) is 0 Å². The zero-order valence-electron chi connectivity index (χ0n) is 37.7. The number of hydrogen-bond acceptors (Lipinski definition) is 2. The molecule has 13 rings (SSSR count). The summed E-state index contributed by atoms with van der Waals surface area (Å²) in [6, 6.07) is 97.3. The minimum atomic E-state index is 1.09. The van der Waals surface area contributed by atoms with Gasteiger partial charge in [-0.25, -0.2) is 0 Å². The molecular weight excluding hydrogens is 853 g/mol. The summed E-state index contributed by atoms with van der Waals surface area (Å²) in [5.74, 6) is 0. The molecule has 0 saturated heterocycles. The highest BCUT2D eigenvalue weighted by molar-refractivity contribution is 7.26. The van der Waals surface area contributed by atoms with Crippen LogP contribution in [-0.2, 0) is 0 Å². The van der Waals surface area contributed by atoms with Gasteiger partial charge >= 0.3 is 0 Å². The van der Waals surface area contributed by atoms with Crippen molar-refractivity contribution in [2.45, 2.75) is 0 Å². The Morgan fingerprint density at radius 2 is 0.710 bits per heavy atom. The SMILES string of the molecule is c1ccc(-c2ccc(N(c3ccc(-c4ccccc4)cc3)c3ccc(-c4cc(-c5ccc6c7ccccc7n(-c7ccccc7)c6c5)cc5c4sc4c(-c6ccccc6)cccc45)cc3)cc2)cc1. The first-order valence-corrected chi connectivity index (χ1v) is 24.4. The van der Waals surface area contributed by atoms with Gasteiger partial charge in [0.25, 0.3) is 0 Å². The van der Waals surface area contributed by atoms with Crippen molar-refractivity contribution in [3.05, 3.63) is 267 Å². The number of aromatic nitrogens is 1. The fourth-order valence-electron chi connectivity index (χ4n) is 10.2. The normalized spacial score (nSPS) is 11.5. The Bertz CT molecular complexity index is 3870. The molecule has 0 atom stereocenters. The number of rotatable bonds is 9. The van der Waals surface area contributed by atoms with E-state index < -0.39 is 0 Å². The zero-order valence-corrected chi connectivity index (χ0v) is 38.5. The molecular formula is C66H44N2S. The van der Waals surface area contributed by atoms with Gasteiger partial charge in [0.05, 0.1) is 11.0 Å². The topological polar surface area (TPSA) is 8.17 Å². The van der Waals surface area contributed by atoms with Gasteiger partial charge in [0, 0.05) is 59.3 Å². The lowest BCUT2D eigenvalue weighted by atomic mass is 9.94. The van der Waals surface area contributed by atoms with Gasteiger partial charge in [0.15, 0.2) is 0 Å². The summed E-state index contributed by atoms with van der Waals surface area (Å²) < 4.78 is 5.00. The van der Waals surface area contributed by atoms with Crippen LogP contribution in [0.1, 0.15) is 0 Å². The lowest BCUT2D eigenvalue weighted by Crippen LogP contribution is -2.09. The van der Waals surface area contributed by atoms with Crippen LogP contribution in [-0.4, -0.2) is 4.57 Å². The Labute approximate surface area is 405 Å². The molecule has 0 N–H and O–H groups in total. The van der Waals surface area contributed by atoms with Gasteiger partial charge in [-0.05, 0) is 123 Å². The largest absolute Gasteiger partial charge is 0.311 e. The van der Waals surface area contributed by atoms with Crippen molar-refractivity contribution in [3.63, 3.8) is 0 Å². The highest BCUT2D eigenvalue weighted by Crippen LogP contribution is 2.47. The van der Waals surface area contributed by atoms with Crippen molar-refractivity contribution < 1.29 is 0 Å². The molecule has 0 aliphatic rings. The van der Waals surface area contributed by atoms with Crippen LogP contribution < -0.4 is 4.90 Å². The average molecular weight is 897 g/mol. The van der Waals surface area contributed by atoms with E-state index in [2.05, 4.69) is 276 Å². The van der Waals surface area contributed by atoms with E-state index in [9.17, 15) is 0 Å². The van der Waals surface area contributed by atoms with Gasteiger partial charge in [-0.3, -0.25) is 0 Å². The molecule has 324 valence electrons. The highest BCUT2D eigenvalue weighted by Gasteiger charge is 2.20. The average Bonchev–Trinajstić information content (AvgIpc) is 3.98. The third-order valence-electron chi connectivity index (χ3n) is 13.6. The molecule has 2 aromatic heterocycles. The van der Waals surface area contributed by atoms with E-state index in [1.54, 1.807) is 0 Å². The maximum atomic E-state index is 2.43. The second-order valence-electron chi connectivity index (χ2n) is 17.7. The van der Waals surface area contributed by atoms with Crippen LogP contribution in [0.3, 0.4) is 0 Å². The number of nitrogens with zero attached hydrogens (tertiary/aromatic N) is 2. The summed E-state index contributed by atoms with van der Waals surface area (Å²) in [6.07, 6.45) is 0. The molecule has 2 nitrogen and oxygen atoms in total. The van der Waals surface area contributed by atoms with E-state index in [-0.39, 0.29) is 0 Å². The molecule has 2 heterocycles. The number of benzene rings is 11. The molecule has 0 unspecified atom stereocenters. The lowest BCUT2D eigenvalue weighted by molar-refractivity contribution is 1.18. The number of hydrogen-bond donors (Lipinski definition) is 0. The van der Waals surface area contributed by atoms with E-state index in [0.717, 1.165) is 22.7 Å². The van der Waals surface area contributed by atoms with Crippen molar-refractivity contribution >= 4 is 70.4 Å². The van der Waals surface area contributed by atoms with Crippen LogP contribution >= 0.6 is 11.3 Å². The molecule has 0 saturated carbocycles. The van der Waals surface area contributed by atoms with E-state index in [1.165, 1.54) is 97.6 Å². The second kappa shape index (κ2) is 17.2. The third-order valence-corrected chi connectivity index (χ3v) is 14.9. The van der Waals surface area contributed by atoms with Gasteiger partial charge in [-0.15, -0.1) is 11.3 Å². The summed E-state index contributed by atoms with van der Waals surface area (Å²) in [4.78, 5) is 2.37. The summed E-state index contributed by atoms with van der Waals surface area (Å²) in [7, 11) is 0.